The van der Waals surface area contributed by atoms with E-state index in [1.807, 2.05) is 0 Å². The Bertz CT molecular complexity index is 385. The van der Waals surface area contributed by atoms with Crippen LogP contribution < -0.4 is 10.6 Å². The molecule has 2 N–H and O–H groups in total. The van der Waals surface area contributed by atoms with Crippen molar-refractivity contribution in [3.05, 3.63) is 23.9 Å². The van der Waals surface area contributed by atoms with Crippen molar-refractivity contribution >= 4 is 11.7 Å². The van der Waals surface area contributed by atoms with Crippen LogP contribution in [0.4, 0.5) is 5.82 Å². The Morgan fingerprint density at radius 2 is 2.28 bits per heavy atom. The van der Waals surface area contributed by atoms with Gasteiger partial charge in [0.2, 0.25) is 0 Å². The summed E-state index contributed by atoms with van der Waals surface area (Å²) in [5.74, 6) is 0.362. The molecule has 100 valence electrons. The van der Waals surface area contributed by atoms with Gasteiger partial charge in [-0.3, -0.25) is 4.79 Å². The lowest BCUT2D eigenvalue weighted by molar-refractivity contribution is 0.0285. The third-order valence-electron chi connectivity index (χ3n) is 2.47. The first kappa shape index (κ1) is 14.4. The van der Waals surface area contributed by atoms with Crippen LogP contribution in [0.1, 0.15) is 10.4 Å². The highest BCUT2D eigenvalue weighted by Gasteiger charge is 2.13. The van der Waals surface area contributed by atoms with Crippen LogP contribution in [0.25, 0.3) is 0 Å². The maximum Gasteiger partial charge on any atom is 0.255 e. The molecule has 0 bridgehead atoms. The Kier molecular flexibility index (Phi) is 6.10. The van der Waals surface area contributed by atoms with E-state index in [1.165, 1.54) is 0 Å². The largest absolute Gasteiger partial charge is 0.382 e. The van der Waals surface area contributed by atoms with Crippen molar-refractivity contribution in [1.29, 1.82) is 0 Å². The van der Waals surface area contributed by atoms with Crippen LogP contribution in [-0.2, 0) is 9.47 Å². The topological polar surface area (TPSA) is 72.5 Å². The zero-order valence-corrected chi connectivity index (χ0v) is 10.9. The van der Waals surface area contributed by atoms with E-state index < -0.39 is 0 Å². The van der Waals surface area contributed by atoms with E-state index in [2.05, 4.69) is 15.6 Å². The van der Waals surface area contributed by atoms with E-state index in [0.29, 0.717) is 24.5 Å². The summed E-state index contributed by atoms with van der Waals surface area (Å²) in [7, 11) is 4.90. The standard InChI is InChI=1S/C12H19N3O3/c1-13-11-10(5-4-6-14-11)12(16)15-7-9(18-3)8-17-2/h4-6,9H,7-8H2,1-3H3,(H,13,14)(H,15,16). The molecule has 0 spiro atoms. The molecule has 0 aliphatic carbocycles. The maximum absolute atomic E-state index is 12.0. The number of nitrogens with one attached hydrogen (secondary N) is 2. The fourth-order valence-corrected chi connectivity index (χ4v) is 1.49. The number of hydrogen-bond donors (Lipinski definition) is 2. The predicted octanol–water partition coefficient (Wildman–Crippen LogP) is 0.514. The third-order valence-corrected chi connectivity index (χ3v) is 2.47. The van der Waals surface area contributed by atoms with Gasteiger partial charge in [0.15, 0.2) is 0 Å². The van der Waals surface area contributed by atoms with Gasteiger partial charge in [0.1, 0.15) is 5.82 Å². The maximum atomic E-state index is 12.0. The lowest BCUT2D eigenvalue weighted by Crippen LogP contribution is -2.35. The molecule has 1 aromatic rings. The SMILES string of the molecule is CNc1ncccc1C(=O)NCC(COC)OC. The number of carbonyl (C=O) groups is 1. The van der Waals surface area contributed by atoms with Crippen LogP contribution in [0.2, 0.25) is 0 Å². The van der Waals surface area contributed by atoms with Crippen molar-refractivity contribution in [2.75, 3.05) is 39.7 Å². The minimum atomic E-state index is -0.189. The lowest BCUT2D eigenvalue weighted by atomic mass is 10.2. The molecule has 0 saturated heterocycles. The van der Waals surface area contributed by atoms with Crippen molar-refractivity contribution in [3.63, 3.8) is 0 Å². The Morgan fingerprint density at radius 3 is 2.89 bits per heavy atom. The minimum Gasteiger partial charge on any atom is -0.382 e. The molecule has 1 heterocycles. The molecule has 0 aromatic carbocycles. The van der Waals surface area contributed by atoms with Gasteiger partial charge >= 0.3 is 0 Å². The fraction of sp³-hybridized carbons (Fsp3) is 0.500. The molecular formula is C12H19N3O3. The van der Waals surface area contributed by atoms with Crippen LogP contribution in [0.15, 0.2) is 18.3 Å². The van der Waals surface area contributed by atoms with Gasteiger partial charge in [-0.15, -0.1) is 0 Å². The molecule has 0 saturated carbocycles. The van der Waals surface area contributed by atoms with E-state index >= 15 is 0 Å². The molecule has 18 heavy (non-hydrogen) atoms. The van der Waals surface area contributed by atoms with E-state index in [9.17, 15) is 4.79 Å². The fourth-order valence-electron chi connectivity index (χ4n) is 1.49. The number of nitrogens with zero attached hydrogens (tertiary/aromatic N) is 1. The van der Waals surface area contributed by atoms with Gasteiger partial charge in [0, 0.05) is 34.0 Å². The van der Waals surface area contributed by atoms with Gasteiger partial charge in [-0.25, -0.2) is 4.98 Å². The van der Waals surface area contributed by atoms with E-state index in [1.54, 1.807) is 39.6 Å². The Morgan fingerprint density at radius 1 is 1.50 bits per heavy atom. The van der Waals surface area contributed by atoms with Gasteiger partial charge in [-0.1, -0.05) is 0 Å². The van der Waals surface area contributed by atoms with Crippen LogP contribution in [-0.4, -0.2) is 51.4 Å². The number of pyridine rings is 1. The van der Waals surface area contributed by atoms with Gasteiger partial charge in [-0.05, 0) is 12.1 Å². The molecule has 0 aliphatic heterocycles. The molecule has 0 aliphatic rings. The first-order valence-corrected chi connectivity index (χ1v) is 5.65. The lowest BCUT2D eigenvalue weighted by Gasteiger charge is -2.15. The van der Waals surface area contributed by atoms with E-state index in [-0.39, 0.29) is 12.0 Å². The normalized spacial score (nSPS) is 11.9. The summed E-state index contributed by atoms with van der Waals surface area (Å²) in [6.45, 7) is 0.823. The zero-order valence-electron chi connectivity index (χ0n) is 10.9. The molecule has 0 fully saturated rings. The van der Waals surface area contributed by atoms with Crippen molar-refractivity contribution in [2.45, 2.75) is 6.10 Å². The molecule has 1 unspecified atom stereocenters. The van der Waals surface area contributed by atoms with Gasteiger partial charge in [0.05, 0.1) is 18.3 Å². The molecule has 0 radical (unpaired) electrons. The highest BCUT2D eigenvalue weighted by Crippen LogP contribution is 2.09. The summed E-state index contributed by atoms with van der Waals surface area (Å²) in [5.41, 5.74) is 0.507. The Hall–Kier alpha value is -1.66. The summed E-state index contributed by atoms with van der Waals surface area (Å²) in [6, 6.07) is 3.44. The van der Waals surface area contributed by atoms with Crippen LogP contribution in [0, 0.1) is 0 Å². The number of anilines is 1. The summed E-state index contributed by atoms with van der Waals surface area (Å²) in [4.78, 5) is 16.0. The summed E-state index contributed by atoms with van der Waals surface area (Å²) in [5, 5.41) is 5.66. The van der Waals surface area contributed by atoms with E-state index in [4.69, 9.17) is 9.47 Å². The van der Waals surface area contributed by atoms with Crippen molar-refractivity contribution < 1.29 is 14.3 Å². The second kappa shape index (κ2) is 7.62. The van der Waals surface area contributed by atoms with Crippen molar-refractivity contribution in [2.24, 2.45) is 0 Å². The highest BCUT2D eigenvalue weighted by molar-refractivity contribution is 5.98. The summed E-state index contributed by atoms with van der Waals surface area (Å²) >= 11 is 0. The molecular weight excluding hydrogens is 234 g/mol. The van der Waals surface area contributed by atoms with E-state index in [0.717, 1.165) is 0 Å². The number of ether oxygens (including phenoxy) is 2. The molecule has 1 aromatic heterocycles. The number of amides is 1. The third kappa shape index (κ3) is 3.97. The molecule has 6 heteroatoms. The first-order chi connectivity index (χ1) is 8.72. The number of hydrogen-bond acceptors (Lipinski definition) is 5. The number of carbonyl (C=O) groups excluding carboxylic acids is 1. The molecule has 1 amide bonds. The number of rotatable bonds is 7. The van der Waals surface area contributed by atoms with Crippen LogP contribution >= 0.6 is 0 Å². The summed E-state index contributed by atoms with van der Waals surface area (Å²) < 4.78 is 10.1. The Balaban J connectivity index is 2.59. The van der Waals surface area contributed by atoms with Crippen molar-refractivity contribution in [1.82, 2.24) is 10.3 Å². The summed E-state index contributed by atoms with van der Waals surface area (Å²) in [6.07, 6.45) is 1.47. The number of aromatic nitrogens is 1. The second-order valence-electron chi connectivity index (χ2n) is 3.67. The van der Waals surface area contributed by atoms with Gasteiger partial charge in [0.25, 0.3) is 5.91 Å². The Labute approximate surface area is 107 Å². The van der Waals surface area contributed by atoms with Crippen LogP contribution in [0.5, 0.6) is 0 Å². The van der Waals surface area contributed by atoms with Crippen molar-refractivity contribution in [3.8, 4) is 0 Å². The van der Waals surface area contributed by atoms with Gasteiger partial charge < -0.3 is 20.1 Å². The van der Waals surface area contributed by atoms with Crippen LogP contribution in [0.3, 0.4) is 0 Å². The predicted molar refractivity (Wildman–Crippen MR) is 68.8 cm³/mol. The van der Waals surface area contributed by atoms with Gasteiger partial charge in [-0.2, -0.15) is 0 Å². The molecule has 1 atom stereocenters. The monoisotopic (exact) mass is 253 g/mol. The zero-order chi connectivity index (χ0) is 13.4. The molecule has 1 rings (SSSR count). The molecule has 6 nitrogen and oxygen atoms in total. The highest BCUT2D eigenvalue weighted by atomic mass is 16.5. The average Bonchev–Trinajstić information content (AvgIpc) is 2.42. The quantitative estimate of drug-likeness (QED) is 0.741. The average molecular weight is 253 g/mol. The minimum absolute atomic E-state index is 0.159. The first-order valence-electron chi connectivity index (χ1n) is 5.65. The second-order valence-corrected chi connectivity index (χ2v) is 3.67. The number of methoxy groups -OCH3 is 2. The smallest absolute Gasteiger partial charge is 0.255 e.